The molecule has 0 aliphatic heterocycles. The van der Waals surface area contributed by atoms with Crippen LogP contribution in [0.4, 0.5) is 11.4 Å². The van der Waals surface area contributed by atoms with Gasteiger partial charge in [-0.2, -0.15) is 0 Å². The van der Waals surface area contributed by atoms with E-state index in [1.165, 1.54) is 17.7 Å². The SMILES string of the molecule is CNc1ccc(/C=C/C(=O)c2ccc(C(C)C)cc2)cc1[N+](=O)[O-]. The first kappa shape index (κ1) is 17.4. The zero-order valence-corrected chi connectivity index (χ0v) is 13.9. The fourth-order valence-corrected chi connectivity index (χ4v) is 2.32. The lowest BCUT2D eigenvalue weighted by atomic mass is 10.0. The second-order valence-corrected chi connectivity index (χ2v) is 5.76. The summed E-state index contributed by atoms with van der Waals surface area (Å²) in [7, 11) is 1.63. The average Bonchev–Trinajstić information content (AvgIpc) is 2.59. The largest absolute Gasteiger partial charge is 0.383 e. The van der Waals surface area contributed by atoms with E-state index in [1.807, 2.05) is 12.1 Å². The van der Waals surface area contributed by atoms with E-state index >= 15 is 0 Å². The number of nitro groups is 1. The van der Waals surface area contributed by atoms with E-state index in [4.69, 9.17) is 0 Å². The molecule has 2 rings (SSSR count). The maximum Gasteiger partial charge on any atom is 0.292 e. The lowest BCUT2D eigenvalue weighted by molar-refractivity contribution is -0.383. The summed E-state index contributed by atoms with van der Waals surface area (Å²) >= 11 is 0. The first-order chi connectivity index (χ1) is 11.4. The molecule has 0 aliphatic carbocycles. The maximum atomic E-state index is 12.2. The van der Waals surface area contributed by atoms with Crippen molar-refractivity contribution in [2.45, 2.75) is 19.8 Å². The summed E-state index contributed by atoms with van der Waals surface area (Å²) in [5, 5.41) is 13.8. The number of anilines is 1. The van der Waals surface area contributed by atoms with Gasteiger partial charge in [0.25, 0.3) is 5.69 Å². The van der Waals surface area contributed by atoms with Crippen LogP contribution in [0.3, 0.4) is 0 Å². The van der Waals surface area contributed by atoms with Crippen LogP contribution in [-0.2, 0) is 0 Å². The van der Waals surface area contributed by atoms with Gasteiger partial charge in [0.15, 0.2) is 5.78 Å². The van der Waals surface area contributed by atoms with Crippen LogP contribution in [0, 0.1) is 10.1 Å². The van der Waals surface area contributed by atoms with Crippen LogP contribution in [0.5, 0.6) is 0 Å². The predicted molar refractivity (Wildman–Crippen MR) is 96.5 cm³/mol. The molecule has 1 N–H and O–H groups in total. The predicted octanol–water partition coefficient (Wildman–Crippen LogP) is 4.66. The van der Waals surface area contributed by atoms with Crippen molar-refractivity contribution in [3.8, 4) is 0 Å². The van der Waals surface area contributed by atoms with Gasteiger partial charge in [-0.05, 0) is 29.2 Å². The monoisotopic (exact) mass is 324 g/mol. The zero-order chi connectivity index (χ0) is 17.7. The number of carbonyl (C=O) groups excluding carboxylic acids is 1. The Labute approximate surface area is 141 Å². The number of allylic oxidation sites excluding steroid dienone is 1. The Morgan fingerprint density at radius 2 is 1.83 bits per heavy atom. The van der Waals surface area contributed by atoms with Gasteiger partial charge in [-0.15, -0.1) is 0 Å². The highest BCUT2D eigenvalue weighted by Gasteiger charge is 2.12. The van der Waals surface area contributed by atoms with E-state index in [2.05, 4.69) is 19.2 Å². The molecule has 0 amide bonds. The van der Waals surface area contributed by atoms with Crippen molar-refractivity contribution in [1.29, 1.82) is 0 Å². The average molecular weight is 324 g/mol. The highest BCUT2D eigenvalue weighted by atomic mass is 16.6. The summed E-state index contributed by atoms with van der Waals surface area (Å²) in [6.07, 6.45) is 3.02. The van der Waals surface area contributed by atoms with Crippen molar-refractivity contribution in [1.82, 2.24) is 0 Å². The second kappa shape index (κ2) is 7.55. The number of hydrogen-bond acceptors (Lipinski definition) is 4. The number of nitrogens with zero attached hydrogens (tertiary/aromatic N) is 1. The molecule has 5 nitrogen and oxygen atoms in total. The standard InChI is InChI=1S/C19H20N2O3/c1-13(2)15-6-8-16(9-7-15)19(22)11-5-14-4-10-17(20-3)18(12-14)21(23)24/h4-13,20H,1-3H3/b11-5+. The van der Waals surface area contributed by atoms with Crippen LogP contribution in [0.25, 0.3) is 6.08 Å². The Kier molecular flexibility index (Phi) is 5.47. The maximum absolute atomic E-state index is 12.2. The third-order valence-corrected chi connectivity index (χ3v) is 3.78. The highest BCUT2D eigenvalue weighted by Crippen LogP contribution is 2.25. The van der Waals surface area contributed by atoms with Crippen molar-refractivity contribution >= 4 is 23.2 Å². The van der Waals surface area contributed by atoms with Crippen molar-refractivity contribution in [3.05, 3.63) is 75.3 Å². The first-order valence-electron chi connectivity index (χ1n) is 7.71. The summed E-state index contributed by atoms with van der Waals surface area (Å²) in [6, 6.07) is 12.3. The molecule has 0 saturated heterocycles. The summed E-state index contributed by atoms with van der Waals surface area (Å²) in [5.74, 6) is 0.279. The molecule has 5 heteroatoms. The molecule has 0 aliphatic rings. The summed E-state index contributed by atoms with van der Waals surface area (Å²) in [4.78, 5) is 22.8. The molecule has 0 heterocycles. The van der Waals surface area contributed by atoms with Crippen LogP contribution in [0.1, 0.15) is 41.3 Å². The number of hydrogen-bond donors (Lipinski definition) is 1. The molecular formula is C19H20N2O3. The first-order valence-corrected chi connectivity index (χ1v) is 7.71. The lowest BCUT2D eigenvalue weighted by Gasteiger charge is -2.05. The number of nitrogens with one attached hydrogen (secondary N) is 1. The lowest BCUT2D eigenvalue weighted by Crippen LogP contribution is -1.97. The van der Waals surface area contributed by atoms with Crippen LogP contribution in [0.15, 0.2) is 48.5 Å². The summed E-state index contributed by atoms with van der Waals surface area (Å²) < 4.78 is 0. The Morgan fingerprint density at radius 3 is 2.38 bits per heavy atom. The molecule has 0 fully saturated rings. The Balaban J connectivity index is 2.19. The minimum absolute atomic E-state index is 0.0200. The van der Waals surface area contributed by atoms with E-state index < -0.39 is 4.92 Å². The minimum Gasteiger partial charge on any atom is -0.383 e. The third-order valence-electron chi connectivity index (χ3n) is 3.78. The van der Waals surface area contributed by atoms with Gasteiger partial charge in [-0.25, -0.2) is 0 Å². The van der Waals surface area contributed by atoms with E-state index in [1.54, 1.807) is 37.4 Å². The Hall–Kier alpha value is -2.95. The summed E-state index contributed by atoms with van der Waals surface area (Å²) in [5.41, 5.74) is 2.79. The third kappa shape index (κ3) is 4.07. The van der Waals surface area contributed by atoms with Crippen LogP contribution in [-0.4, -0.2) is 17.8 Å². The smallest absolute Gasteiger partial charge is 0.292 e. The summed E-state index contributed by atoms with van der Waals surface area (Å²) in [6.45, 7) is 4.19. The van der Waals surface area contributed by atoms with Crippen LogP contribution in [0.2, 0.25) is 0 Å². The van der Waals surface area contributed by atoms with Gasteiger partial charge in [-0.3, -0.25) is 14.9 Å². The Bertz CT molecular complexity index is 778. The van der Waals surface area contributed by atoms with Crippen LogP contribution >= 0.6 is 0 Å². The van der Waals surface area contributed by atoms with E-state index in [9.17, 15) is 14.9 Å². The number of benzene rings is 2. The van der Waals surface area contributed by atoms with Crippen molar-refractivity contribution < 1.29 is 9.72 Å². The van der Waals surface area contributed by atoms with Gasteiger partial charge >= 0.3 is 0 Å². The molecule has 2 aromatic rings. The van der Waals surface area contributed by atoms with Gasteiger partial charge in [0.2, 0.25) is 0 Å². The van der Waals surface area contributed by atoms with Gasteiger partial charge in [0.05, 0.1) is 4.92 Å². The normalized spacial score (nSPS) is 11.0. The van der Waals surface area contributed by atoms with Gasteiger partial charge in [0.1, 0.15) is 5.69 Å². The second-order valence-electron chi connectivity index (χ2n) is 5.76. The minimum atomic E-state index is -0.449. The molecule has 0 atom stereocenters. The van der Waals surface area contributed by atoms with E-state index in [0.29, 0.717) is 22.7 Å². The van der Waals surface area contributed by atoms with Gasteiger partial charge in [-0.1, -0.05) is 50.3 Å². The fourth-order valence-electron chi connectivity index (χ4n) is 2.32. The molecule has 0 aromatic heterocycles. The number of ketones is 1. The van der Waals surface area contributed by atoms with Crippen molar-refractivity contribution in [3.63, 3.8) is 0 Å². The molecule has 0 saturated carbocycles. The zero-order valence-electron chi connectivity index (χ0n) is 13.9. The van der Waals surface area contributed by atoms with Gasteiger partial charge in [0, 0.05) is 18.7 Å². The van der Waals surface area contributed by atoms with Crippen molar-refractivity contribution in [2.75, 3.05) is 12.4 Å². The molecule has 0 spiro atoms. The fraction of sp³-hybridized carbons (Fsp3) is 0.211. The van der Waals surface area contributed by atoms with Crippen LogP contribution < -0.4 is 5.32 Å². The molecule has 124 valence electrons. The molecule has 2 aromatic carbocycles. The van der Waals surface area contributed by atoms with E-state index in [0.717, 1.165) is 0 Å². The molecule has 0 radical (unpaired) electrons. The highest BCUT2D eigenvalue weighted by molar-refractivity contribution is 6.06. The molecule has 24 heavy (non-hydrogen) atoms. The molecule has 0 unspecified atom stereocenters. The molecular weight excluding hydrogens is 304 g/mol. The number of rotatable bonds is 6. The quantitative estimate of drug-likeness (QED) is 0.363. The topological polar surface area (TPSA) is 72.2 Å². The molecule has 0 bridgehead atoms. The van der Waals surface area contributed by atoms with Crippen molar-refractivity contribution in [2.24, 2.45) is 0 Å². The Morgan fingerprint density at radius 1 is 1.17 bits per heavy atom. The van der Waals surface area contributed by atoms with E-state index in [-0.39, 0.29) is 11.5 Å². The number of carbonyl (C=O) groups is 1. The van der Waals surface area contributed by atoms with Gasteiger partial charge < -0.3 is 5.32 Å². The number of nitro benzene ring substituents is 1.